The third-order valence-electron chi connectivity index (χ3n) is 5.54. The molecule has 2 fully saturated rings. The first-order valence-corrected chi connectivity index (χ1v) is 11.0. The van der Waals surface area contributed by atoms with Crippen LogP contribution in [0.3, 0.4) is 0 Å². The second kappa shape index (κ2) is 8.77. The van der Waals surface area contributed by atoms with Crippen LogP contribution >= 0.6 is 11.6 Å². The molecular weight excluding hydrogens is 433 g/mol. The van der Waals surface area contributed by atoms with Crippen LogP contribution in [0.2, 0.25) is 5.02 Å². The topological polar surface area (TPSA) is 92.1 Å². The number of rotatable bonds is 7. The van der Waals surface area contributed by atoms with Crippen molar-refractivity contribution >= 4 is 34.1 Å². The highest BCUT2D eigenvalue weighted by atomic mass is 35.5. The second-order valence-corrected chi connectivity index (χ2v) is 8.41. The van der Waals surface area contributed by atoms with Gasteiger partial charge in [0.2, 0.25) is 5.88 Å². The van der Waals surface area contributed by atoms with Gasteiger partial charge < -0.3 is 20.1 Å². The Hall–Kier alpha value is -3.15. The number of fused-ring (bicyclic) bond motifs is 1. The Bertz CT molecular complexity index is 1210. The van der Waals surface area contributed by atoms with E-state index in [9.17, 15) is 9.65 Å². The molecule has 9 heteroatoms. The van der Waals surface area contributed by atoms with Crippen LogP contribution < -0.4 is 20.1 Å². The maximum absolute atomic E-state index is 14.9. The SMILES string of the molecule is N#Cc1cc2nc(O[C@H]3CCNC3)ccc2nc1Nc1ccc(OCC2CC2)c(Cl)c1F. The number of hydrogen-bond donors (Lipinski definition) is 2. The zero-order valence-electron chi connectivity index (χ0n) is 17.2. The maximum Gasteiger partial charge on any atom is 0.214 e. The Morgan fingerprint density at radius 2 is 2.06 bits per heavy atom. The third kappa shape index (κ3) is 4.40. The van der Waals surface area contributed by atoms with Gasteiger partial charge in [-0.1, -0.05) is 11.6 Å². The molecule has 1 aromatic carbocycles. The average molecular weight is 454 g/mol. The monoisotopic (exact) mass is 453 g/mol. The molecule has 0 bridgehead atoms. The molecule has 1 atom stereocenters. The molecule has 0 unspecified atom stereocenters. The summed E-state index contributed by atoms with van der Waals surface area (Å²) in [5.74, 6) is 0.885. The van der Waals surface area contributed by atoms with Crippen molar-refractivity contribution in [2.45, 2.75) is 25.4 Å². The normalized spacial score (nSPS) is 17.8. The summed E-state index contributed by atoms with van der Waals surface area (Å²) in [6.45, 7) is 2.23. The lowest BCUT2D eigenvalue weighted by Gasteiger charge is -2.14. The van der Waals surface area contributed by atoms with Gasteiger partial charge in [0.1, 0.15) is 28.8 Å². The van der Waals surface area contributed by atoms with E-state index in [1.807, 2.05) is 0 Å². The number of aromatic nitrogens is 2. The van der Waals surface area contributed by atoms with Crippen LogP contribution in [0.4, 0.5) is 15.9 Å². The summed E-state index contributed by atoms with van der Waals surface area (Å²) in [7, 11) is 0. The zero-order valence-corrected chi connectivity index (χ0v) is 18.0. The fourth-order valence-electron chi connectivity index (χ4n) is 3.54. The van der Waals surface area contributed by atoms with Gasteiger partial charge in [0.15, 0.2) is 5.82 Å². The lowest BCUT2D eigenvalue weighted by Crippen LogP contribution is -2.20. The second-order valence-electron chi connectivity index (χ2n) is 8.04. The summed E-state index contributed by atoms with van der Waals surface area (Å²) in [5.41, 5.74) is 1.42. The molecule has 0 amide bonds. The lowest BCUT2D eigenvalue weighted by atomic mass is 10.2. The van der Waals surface area contributed by atoms with Crippen molar-refractivity contribution in [1.82, 2.24) is 15.3 Å². The van der Waals surface area contributed by atoms with Crippen molar-refractivity contribution in [2.75, 3.05) is 25.0 Å². The van der Waals surface area contributed by atoms with Crippen LogP contribution in [0, 0.1) is 23.1 Å². The van der Waals surface area contributed by atoms with Crippen molar-refractivity contribution in [3.05, 3.63) is 46.7 Å². The fraction of sp³-hybridized carbons (Fsp3) is 0.348. The fourth-order valence-corrected chi connectivity index (χ4v) is 3.76. The minimum atomic E-state index is -0.655. The molecule has 3 heterocycles. The van der Waals surface area contributed by atoms with E-state index in [0.717, 1.165) is 32.4 Å². The van der Waals surface area contributed by atoms with Crippen LogP contribution in [0.15, 0.2) is 30.3 Å². The number of hydrogen-bond acceptors (Lipinski definition) is 7. The van der Waals surface area contributed by atoms with Gasteiger partial charge in [0.25, 0.3) is 0 Å². The Kier molecular flexibility index (Phi) is 5.68. The number of benzene rings is 1. The molecule has 1 aliphatic carbocycles. The number of nitrogens with zero attached hydrogens (tertiary/aromatic N) is 3. The van der Waals surface area contributed by atoms with Crippen LogP contribution in [-0.2, 0) is 0 Å². The van der Waals surface area contributed by atoms with Gasteiger partial charge in [-0.25, -0.2) is 14.4 Å². The molecular formula is C23H21ClFN5O2. The molecule has 32 heavy (non-hydrogen) atoms. The van der Waals surface area contributed by atoms with Crippen LogP contribution in [0.25, 0.3) is 11.0 Å². The van der Waals surface area contributed by atoms with Gasteiger partial charge >= 0.3 is 0 Å². The lowest BCUT2D eigenvalue weighted by molar-refractivity contribution is 0.215. The quantitative estimate of drug-likeness (QED) is 0.541. The van der Waals surface area contributed by atoms with Gasteiger partial charge in [-0.3, -0.25) is 0 Å². The first-order valence-electron chi connectivity index (χ1n) is 10.6. The third-order valence-corrected chi connectivity index (χ3v) is 5.89. The highest BCUT2D eigenvalue weighted by Crippen LogP contribution is 2.36. The van der Waals surface area contributed by atoms with E-state index in [4.69, 9.17) is 21.1 Å². The Morgan fingerprint density at radius 1 is 1.19 bits per heavy atom. The summed E-state index contributed by atoms with van der Waals surface area (Å²) >= 11 is 6.17. The molecule has 0 spiro atoms. The predicted molar refractivity (Wildman–Crippen MR) is 119 cm³/mol. The zero-order chi connectivity index (χ0) is 22.1. The Labute approximate surface area is 189 Å². The summed E-state index contributed by atoms with van der Waals surface area (Å²) < 4.78 is 26.4. The highest BCUT2D eigenvalue weighted by molar-refractivity contribution is 6.32. The van der Waals surface area contributed by atoms with Crippen LogP contribution in [0.1, 0.15) is 24.8 Å². The molecule has 2 aromatic heterocycles. The first-order chi connectivity index (χ1) is 15.6. The molecule has 5 rings (SSSR count). The average Bonchev–Trinajstić information content (AvgIpc) is 3.49. The van der Waals surface area contributed by atoms with Gasteiger partial charge in [-0.2, -0.15) is 5.26 Å². The molecule has 1 saturated carbocycles. The van der Waals surface area contributed by atoms with E-state index in [2.05, 4.69) is 26.7 Å². The molecule has 1 saturated heterocycles. The predicted octanol–water partition coefficient (Wildman–Crippen LogP) is 4.57. The van der Waals surface area contributed by atoms with Crippen molar-refractivity contribution in [3.63, 3.8) is 0 Å². The van der Waals surface area contributed by atoms with Crippen molar-refractivity contribution < 1.29 is 13.9 Å². The van der Waals surface area contributed by atoms with Crippen molar-refractivity contribution in [3.8, 4) is 17.7 Å². The first kappa shape index (κ1) is 20.7. The number of anilines is 2. The standard InChI is InChI=1S/C23H21ClFN5O2/c24-21-19(31-12-13-1-2-13)5-3-17(22(21)25)30-23-14(10-26)9-18-16(29-23)4-6-20(28-18)32-15-7-8-27-11-15/h3-6,9,13,15,27H,1-2,7-8,11-12H2,(H,29,30)/t15-/m0/s1. The smallest absolute Gasteiger partial charge is 0.214 e. The molecule has 2 N–H and O–H groups in total. The summed E-state index contributed by atoms with van der Waals surface area (Å²) in [5, 5.41) is 15.6. The molecule has 164 valence electrons. The minimum absolute atomic E-state index is 0.0771. The van der Waals surface area contributed by atoms with E-state index < -0.39 is 5.82 Å². The Balaban J connectivity index is 1.39. The number of nitrogens with one attached hydrogen (secondary N) is 2. The molecule has 3 aromatic rings. The molecule has 1 aliphatic heterocycles. The highest BCUT2D eigenvalue weighted by Gasteiger charge is 2.23. The summed E-state index contributed by atoms with van der Waals surface area (Å²) in [6.07, 6.45) is 3.26. The largest absolute Gasteiger partial charge is 0.492 e. The Morgan fingerprint density at radius 3 is 2.81 bits per heavy atom. The van der Waals surface area contributed by atoms with Gasteiger partial charge in [-0.15, -0.1) is 0 Å². The number of ether oxygens (including phenoxy) is 2. The van der Waals surface area contributed by atoms with Gasteiger partial charge in [0.05, 0.1) is 28.9 Å². The van der Waals surface area contributed by atoms with E-state index in [-0.39, 0.29) is 28.2 Å². The van der Waals surface area contributed by atoms with Crippen molar-refractivity contribution in [1.29, 1.82) is 5.26 Å². The molecule has 2 aliphatic rings. The number of nitriles is 1. The van der Waals surface area contributed by atoms with E-state index in [1.54, 1.807) is 24.3 Å². The molecule has 7 nitrogen and oxygen atoms in total. The summed E-state index contributed by atoms with van der Waals surface area (Å²) in [6, 6.07) is 10.4. The summed E-state index contributed by atoms with van der Waals surface area (Å²) in [4.78, 5) is 8.95. The number of pyridine rings is 2. The number of halogens is 2. The van der Waals surface area contributed by atoms with Gasteiger partial charge in [-0.05, 0) is 56.0 Å². The minimum Gasteiger partial charge on any atom is -0.492 e. The van der Waals surface area contributed by atoms with Gasteiger partial charge in [0, 0.05) is 12.6 Å². The van der Waals surface area contributed by atoms with Crippen LogP contribution in [-0.4, -0.2) is 35.8 Å². The molecule has 0 radical (unpaired) electrons. The van der Waals surface area contributed by atoms with E-state index >= 15 is 0 Å². The van der Waals surface area contributed by atoms with Crippen LogP contribution in [0.5, 0.6) is 11.6 Å². The van der Waals surface area contributed by atoms with Crippen molar-refractivity contribution in [2.24, 2.45) is 5.92 Å². The van der Waals surface area contributed by atoms with E-state index in [0.29, 0.717) is 35.2 Å². The van der Waals surface area contributed by atoms with E-state index in [1.165, 1.54) is 6.07 Å². The maximum atomic E-state index is 14.9.